The van der Waals surface area contributed by atoms with Crippen molar-refractivity contribution in [1.82, 2.24) is 5.32 Å². The van der Waals surface area contributed by atoms with Crippen LogP contribution >= 0.6 is 0 Å². The lowest BCUT2D eigenvalue weighted by molar-refractivity contribution is -0.129. The Labute approximate surface area is 177 Å². The molecule has 0 radical (unpaired) electrons. The summed E-state index contributed by atoms with van der Waals surface area (Å²) in [4.78, 5) is 39.6. The van der Waals surface area contributed by atoms with E-state index in [4.69, 9.17) is 0 Å². The number of carbonyl (C=O) groups excluding carboxylic acids is 3. The summed E-state index contributed by atoms with van der Waals surface area (Å²) in [6.45, 7) is 6.18. The molecule has 3 unspecified atom stereocenters. The molecule has 2 fully saturated rings. The fourth-order valence-electron chi connectivity index (χ4n) is 5.08. The molecule has 0 bridgehead atoms. The number of fused-ring (bicyclic) bond motifs is 1. The number of rotatable bonds is 3. The summed E-state index contributed by atoms with van der Waals surface area (Å²) in [7, 11) is 1.61. The molecule has 1 saturated carbocycles. The number of nitrogens with one attached hydrogen (secondary N) is 1. The van der Waals surface area contributed by atoms with Gasteiger partial charge in [0.1, 0.15) is 0 Å². The molecule has 2 aromatic rings. The number of nitrogens with zero attached hydrogens (tertiary/aromatic N) is 1. The summed E-state index contributed by atoms with van der Waals surface area (Å²) in [5.41, 5.74) is 6.33. The van der Waals surface area contributed by atoms with Gasteiger partial charge in [-0.1, -0.05) is 29.8 Å². The number of imide groups is 1. The van der Waals surface area contributed by atoms with Crippen LogP contribution in [0.3, 0.4) is 0 Å². The molecule has 0 aromatic heterocycles. The number of anilines is 1. The van der Waals surface area contributed by atoms with E-state index in [-0.39, 0.29) is 29.6 Å². The predicted octanol–water partition coefficient (Wildman–Crippen LogP) is 3.93. The summed E-state index contributed by atoms with van der Waals surface area (Å²) in [6.07, 6.45) is 1.69. The Morgan fingerprint density at radius 1 is 0.900 bits per heavy atom. The zero-order valence-electron chi connectivity index (χ0n) is 18.0. The fraction of sp³-hybridized carbons (Fsp3) is 0.400. The average Bonchev–Trinajstić information content (AvgIpc) is 2.98. The van der Waals surface area contributed by atoms with Crippen LogP contribution in [0.4, 0.5) is 5.69 Å². The standard InChI is InChI=1S/C25H28N2O3/c1-14-5-8-19(15(2)11-14)20-10-7-18(12-16(20)3)27-24(29)21-9-6-17(23(28)26-4)13-22(21)25(27)30/h5,7-8,10-12,17,21-22H,6,9,13H2,1-4H3,(H,26,28). The minimum absolute atomic E-state index is 0.0409. The SMILES string of the molecule is CNC(=O)C1CCC2C(=O)N(c3ccc(-c4ccc(C)cc4C)c(C)c3)C(=O)C2C1. The van der Waals surface area contributed by atoms with Crippen molar-refractivity contribution in [2.24, 2.45) is 17.8 Å². The highest BCUT2D eigenvalue weighted by Crippen LogP contribution is 2.43. The third-order valence-corrected chi connectivity index (χ3v) is 6.68. The van der Waals surface area contributed by atoms with Gasteiger partial charge in [0.15, 0.2) is 0 Å². The quantitative estimate of drug-likeness (QED) is 0.788. The summed E-state index contributed by atoms with van der Waals surface area (Å²) in [5.74, 6) is -1.23. The number of hydrogen-bond donors (Lipinski definition) is 1. The number of hydrogen-bond acceptors (Lipinski definition) is 3. The average molecular weight is 405 g/mol. The minimum Gasteiger partial charge on any atom is -0.359 e. The first-order valence-electron chi connectivity index (χ1n) is 10.6. The van der Waals surface area contributed by atoms with Crippen LogP contribution in [0.15, 0.2) is 36.4 Å². The van der Waals surface area contributed by atoms with Crippen LogP contribution in [0, 0.1) is 38.5 Å². The second-order valence-corrected chi connectivity index (χ2v) is 8.67. The Hall–Kier alpha value is -2.95. The molecule has 156 valence electrons. The molecule has 5 heteroatoms. The van der Waals surface area contributed by atoms with E-state index in [2.05, 4.69) is 37.4 Å². The lowest BCUT2D eigenvalue weighted by atomic mass is 9.75. The second-order valence-electron chi connectivity index (χ2n) is 8.67. The van der Waals surface area contributed by atoms with Crippen molar-refractivity contribution in [2.45, 2.75) is 40.0 Å². The lowest BCUT2D eigenvalue weighted by Crippen LogP contribution is -2.35. The van der Waals surface area contributed by atoms with E-state index in [0.29, 0.717) is 24.9 Å². The Morgan fingerprint density at radius 3 is 2.17 bits per heavy atom. The van der Waals surface area contributed by atoms with Crippen LogP contribution in [-0.4, -0.2) is 24.8 Å². The van der Waals surface area contributed by atoms with Crippen molar-refractivity contribution in [3.05, 3.63) is 53.1 Å². The monoisotopic (exact) mass is 404 g/mol. The third kappa shape index (κ3) is 3.32. The number of aryl methyl sites for hydroxylation is 3. The topological polar surface area (TPSA) is 66.5 Å². The molecule has 30 heavy (non-hydrogen) atoms. The van der Waals surface area contributed by atoms with E-state index < -0.39 is 5.92 Å². The lowest BCUT2D eigenvalue weighted by Gasteiger charge is -2.27. The molecule has 3 amide bonds. The summed E-state index contributed by atoms with van der Waals surface area (Å²) >= 11 is 0. The summed E-state index contributed by atoms with van der Waals surface area (Å²) < 4.78 is 0. The largest absolute Gasteiger partial charge is 0.359 e. The van der Waals surface area contributed by atoms with Gasteiger partial charge in [-0.25, -0.2) is 0 Å². The molecule has 1 N–H and O–H groups in total. The van der Waals surface area contributed by atoms with Crippen LogP contribution in [0.5, 0.6) is 0 Å². The van der Waals surface area contributed by atoms with Crippen LogP contribution in [0.25, 0.3) is 11.1 Å². The van der Waals surface area contributed by atoms with E-state index >= 15 is 0 Å². The van der Waals surface area contributed by atoms with Crippen LogP contribution < -0.4 is 10.2 Å². The zero-order valence-corrected chi connectivity index (χ0v) is 18.0. The third-order valence-electron chi connectivity index (χ3n) is 6.68. The highest BCUT2D eigenvalue weighted by molar-refractivity contribution is 6.22. The first-order valence-corrected chi connectivity index (χ1v) is 10.6. The highest BCUT2D eigenvalue weighted by atomic mass is 16.2. The Bertz CT molecular complexity index is 1040. The van der Waals surface area contributed by atoms with Gasteiger partial charge in [0, 0.05) is 13.0 Å². The van der Waals surface area contributed by atoms with Gasteiger partial charge in [-0.2, -0.15) is 0 Å². The fourth-order valence-corrected chi connectivity index (χ4v) is 5.08. The van der Waals surface area contributed by atoms with E-state index in [9.17, 15) is 14.4 Å². The zero-order chi connectivity index (χ0) is 21.6. The van der Waals surface area contributed by atoms with E-state index in [1.165, 1.54) is 16.0 Å². The first-order chi connectivity index (χ1) is 14.3. The Balaban J connectivity index is 1.63. The summed E-state index contributed by atoms with van der Waals surface area (Å²) in [6, 6.07) is 12.2. The molecule has 1 heterocycles. The summed E-state index contributed by atoms with van der Waals surface area (Å²) in [5, 5.41) is 2.67. The van der Waals surface area contributed by atoms with Gasteiger partial charge in [0.05, 0.1) is 17.5 Å². The molecule has 2 aliphatic rings. The van der Waals surface area contributed by atoms with Gasteiger partial charge in [0.25, 0.3) is 0 Å². The van der Waals surface area contributed by atoms with Gasteiger partial charge < -0.3 is 5.32 Å². The van der Waals surface area contributed by atoms with Crippen molar-refractivity contribution in [3.8, 4) is 11.1 Å². The van der Waals surface area contributed by atoms with Crippen molar-refractivity contribution in [3.63, 3.8) is 0 Å². The number of carbonyl (C=O) groups is 3. The van der Waals surface area contributed by atoms with Crippen molar-refractivity contribution in [1.29, 1.82) is 0 Å². The number of benzene rings is 2. The van der Waals surface area contributed by atoms with Crippen LogP contribution in [-0.2, 0) is 14.4 Å². The van der Waals surface area contributed by atoms with Crippen molar-refractivity contribution in [2.75, 3.05) is 11.9 Å². The van der Waals surface area contributed by atoms with E-state index in [0.717, 1.165) is 16.7 Å². The molecule has 3 atom stereocenters. The molecule has 5 nitrogen and oxygen atoms in total. The molecule has 1 saturated heterocycles. The predicted molar refractivity (Wildman–Crippen MR) is 117 cm³/mol. The molecular weight excluding hydrogens is 376 g/mol. The van der Waals surface area contributed by atoms with Crippen molar-refractivity contribution < 1.29 is 14.4 Å². The van der Waals surface area contributed by atoms with Gasteiger partial charge in [-0.3, -0.25) is 19.3 Å². The molecule has 4 rings (SSSR count). The van der Waals surface area contributed by atoms with Gasteiger partial charge >= 0.3 is 0 Å². The normalized spacial score (nSPS) is 23.5. The Morgan fingerprint density at radius 2 is 1.53 bits per heavy atom. The molecule has 1 aliphatic carbocycles. The molecule has 1 aliphatic heterocycles. The van der Waals surface area contributed by atoms with E-state index in [1.807, 2.05) is 25.1 Å². The molecule has 2 aromatic carbocycles. The highest BCUT2D eigenvalue weighted by Gasteiger charge is 2.51. The van der Waals surface area contributed by atoms with Gasteiger partial charge in [-0.05, 0) is 74.4 Å². The maximum absolute atomic E-state index is 13.1. The Kier molecular flexibility index (Phi) is 5.22. The van der Waals surface area contributed by atoms with Crippen LogP contribution in [0.2, 0.25) is 0 Å². The maximum Gasteiger partial charge on any atom is 0.237 e. The van der Waals surface area contributed by atoms with Gasteiger partial charge in [-0.15, -0.1) is 0 Å². The molecule has 0 spiro atoms. The number of amides is 3. The van der Waals surface area contributed by atoms with Gasteiger partial charge in [0.2, 0.25) is 17.7 Å². The first kappa shape index (κ1) is 20.3. The molecular formula is C25H28N2O3. The second kappa shape index (κ2) is 7.71. The van der Waals surface area contributed by atoms with Crippen molar-refractivity contribution >= 4 is 23.4 Å². The smallest absolute Gasteiger partial charge is 0.237 e. The minimum atomic E-state index is -0.395. The van der Waals surface area contributed by atoms with E-state index in [1.54, 1.807) is 7.05 Å². The maximum atomic E-state index is 13.1. The van der Waals surface area contributed by atoms with Crippen LogP contribution in [0.1, 0.15) is 36.0 Å².